The second-order valence-electron chi connectivity index (χ2n) is 9.46. The van der Waals surface area contributed by atoms with E-state index in [1.165, 1.54) is 9.80 Å². The lowest BCUT2D eigenvalue weighted by atomic mass is 10.1. The van der Waals surface area contributed by atoms with Crippen molar-refractivity contribution in [3.63, 3.8) is 0 Å². The van der Waals surface area contributed by atoms with E-state index in [0.717, 1.165) is 0 Å². The van der Waals surface area contributed by atoms with E-state index in [9.17, 15) is 14.4 Å². The van der Waals surface area contributed by atoms with E-state index in [1.54, 1.807) is 72.9 Å². The average molecular weight is 451 g/mol. The Morgan fingerprint density at radius 1 is 0.906 bits per heavy atom. The highest BCUT2D eigenvalue weighted by atomic mass is 16.6. The van der Waals surface area contributed by atoms with Crippen LogP contribution in [-0.4, -0.2) is 71.9 Å². The van der Waals surface area contributed by atoms with Crippen molar-refractivity contribution in [2.75, 3.05) is 32.2 Å². The monoisotopic (exact) mass is 450 g/mol. The van der Waals surface area contributed by atoms with Crippen molar-refractivity contribution < 1.29 is 28.6 Å². The summed E-state index contributed by atoms with van der Waals surface area (Å²) in [6.07, 6.45) is -1.16. The van der Waals surface area contributed by atoms with Gasteiger partial charge in [0, 0.05) is 13.1 Å². The molecule has 0 bridgehead atoms. The van der Waals surface area contributed by atoms with E-state index >= 15 is 0 Å². The van der Waals surface area contributed by atoms with Crippen LogP contribution >= 0.6 is 0 Å². The maximum absolute atomic E-state index is 13.0. The Balaban J connectivity index is 2.13. The van der Waals surface area contributed by atoms with Crippen molar-refractivity contribution in [1.82, 2.24) is 15.2 Å². The molecule has 10 heteroatoms. The summed E-state index contributed by atoms with van der Waals surface area (Å²) in [6, 6.07) is 5.99. The zero-order chi connectivity index (χ0) is 24.1. The molecule has 1 saturated heterocycles. The van der Waals surface area contributed by atoms with Crippen molar-refractivity contribution in [2.24, 2.45) is 0 Å². The minimum Gasteiger partial charge on any atom is -0.497 e. The van der Waals surface area contributed by atoms with E-state index in [4.69, 9.17) is 14.2 Å². The predicted octanol–water partition coefficient (Wildman–Crippen LogP) is 2.99. The topological polar surface area (TPSA) is 109 Å². The SMILES string of the molecule is COc1ccc(NNC(=O)C2CN(C(=O)OC(C)(C)C)CCN2C(=O)OC(C)(C)C)cc1. The maximum atomic E-state index is 13.0. The Hall–Kier alpha value is -3.17. The van der Waals surface area contributed by atoms with E-state index in [0.29, 0.717) is 11.4 Å². The average Bonchev–Trinajstić information content (AvgIpc) is 2.69. The third kappa shape index (κ3) is 7.51. The van der Waals surface area contributed by atoms with Crippen molar-refractivity contribution in [2.45, 2.75) is 58.8 Å². The molecular weight excluding hydrogens is 416 g/mol. The standard InChI is InChI=1S/C22H34N4O6/c1-21(2,3)31-19(28)25-12-13-26(20(29)32-22(4,5)6)17(14-25)18(27)24-23-15-8-10-16(30-7)11-9-15/h8-11,17,23H,12-14H2,1-7H3,(H,24,27). The molecule has 2 rings (SSSR count). The van der Waals surface area contributed by atoms with Gasteiger partial charge in [-0.1, -0.05) is 0 Å². The summed E-state index contributed by atoms with van der Waals surface area (Å²) in [6.45, 7) is 10.9. The van der Waals surface area contributed by atoms with Crippen LogP contribution in [-0.2, 0) is 14.3 Å². The fourth-order valence-corrected chi connectivity index (χ4v) is 2.93. The molecule has 1 heterocycles. The van der Waals surface area contributed by atoms with Crippen LogP contribution in [0.3, 0.4) is 0 Å². The Morgan fingerprint density at radius 3 is 2.00 bits per heavy atom. The van der Waals surface area contributed by atoms with Crippen molar-refractivity contribution in [3.8, 4) is 5.75 Å². The first-order valence-electron chi connectivity index (χ1n) is 10.5. The number of anilines is 1. The number of nitrogens with one attached hydrogen (secondary N) is 2. The Labute approximate surface area is 189 Å². The highest BCUT2D eigenvalue weighted by Crippen LogP contribution is 2.19. The molecule has 0 saturated carbocycles. The maximum Gasteiger partial charge on any atom is 0.411 e. The Kier molecular flexibility index (Phi) is 7.82. The third-order valence-electron chi connectivity index (χ3n) is 4.38. The molecular formula is C22H34N4O6. The minimum atomic E-state index is -0.961. The number of carbonyl (C=O) groups is 3. The first-order valence-corrected chi connectivity index (χ1v) is 10.5. The molecule has 178 valence electrons. The van der Waals surface area contributed by atoms with Crippen molar-refractivity contribution >= 4 is 23.8 Å². The molecule has 3 amide bonds. The third-order valence-corrected chi connectivity index (χ3v) is 4.38. The van der Waals surface area contributed by atoms with E-state index in [1.807, 2.05) is 0 Å². The number of rotatable bonds is 4. The number of nitrogens with zero attached hydrogens (tertiary/aromatic N) is 2. The highest BCUT2D eigenvalue weighted by Gasteiger charge is 2.40. The summed E-state index contributed by atoms with van der Waals surface area (Å²) < 4.78 is 16.0. The second-order valence-corrected chi connectivity index (χ2v) is 9.46. The van der Waals surface area contributed by atoms with Gasteiger partial charge in [-0.3, -0.25) is 20.5 Å². The van der Waals surface area contributed by atoms with Crippen LogP contribution in [0.25, 0.3) is 0 Å². The number of benzene rings is 1. The summed E-state index contributed by atoms with van der Waals surface area (Å²) >= 11 is 0. The molecule has 0 spiro atoms. The molecule has 1 aromatic carbocycles. The zero-order valence-corrected chi connectivity index (χ0v) is 19.9. The van der Waals surface area contributed by atoms with Gasteiger partial charge in [0.2, 0.25) is 0 Å². The van der Waals surface area contributed by atoms with Gasteiger partial charge in [0.15, 0.2) is 0 Å². The summed E-state index contributed by atoms with van der Waals surface area (Å²) in [5.74, 6) is 0.193. The lowest BCUT2D eigenvalue weighted by Crippen LogP contribution is -2.62. The van der Waals surface area contributed by atoms with Crippen LogP contribution in [0.5, 0.6) is 5.75 Å². The van der Waals surface area contributed by atoms with Gasteiger partial charge in [0.1, 0.15) is 23.0 Å². The molecule has 1 unspecified atom stereocenters. The van der Waals surface area contributed by atoms with Crippen LogP contribution in [0.1, 0.15) is 41.5 Å². The molecule has 0 aromatic heterocycles. The van der Waals surface area contributed by atoms with Crippen LogP contribution in [0.2, 0.25) is 0 Å². The first-order chi connectivity index (χ1) is 14.8. The number of methoxy groups -OCH3 is 1. The lowest BCUT2D eigenvalue weighted by Gasteiger charge is -2.40. The van der Waals surface area contributed by atoms with Crippen LogP contribution < -0.4 is 15.6 Å². The van der Waals surface area contributed by atoms with E-state index in [2.05, 4.69) is 10.9 Å². The smallest absolute Gasteiger partial charge is 0.411 e. The summed E-state index contributed by atoms with van der Waals surface area (Å²) in [5.41, 5.74) is 4.65. The zero-order valence-electron chi connectivity index (χ0n) is 19.9. The number of carbonyl (C=O) groups excluding carboxylic acids is 3. The van der Waals surface area contributed by atoms with Gasteiger partial charge in [-0.15, -0.1) is 0 Å². The molecule has 1 fully saturated rings. The van der Waals surface area contributed by atoms with Crippen LogP contribution in [0.15, 0.2) is 24.3 Å². The highest BCUT2D eigenvalue weighted by molar-refractivity contribution is 5.87. The molecule has 10 nitrogen and oxygen atoms in total. The molecule has 0 aliphatic carbocycles. The number of ether oxygens (including phenoxy) is 3. The predicted molar refractivity (Wildman–Crippen MR) is 119 cm³/mol. The molecule has 0 radical (unpaired) electrons. The minimum absolute atomic E-state index is 0.0235. The van der Waals surface area contributed by atoms with Gasteiger partial charge in [-0.05, 0) is 65.8 Å². The second kappa shape index (κ2) is 9.97. The molecule has 2 N–H and O–H groups in total. The number of amides is 3. The lowest BCUT2D eigenvalue weighted by molar-refractivity contribution is -0.128. The molecule has 1 aliphatic heterocycles. The fourth-order valence-electron chi connectivity index (χ4n) is 2.93. The fraction of sp³-hybridized carbons (Fsp3) is 0.591. The summed E-state index contributed by atoms with van der Waals surface area (Å²) in [5, 5.41) is 0. The number of hydrazine groups is 1. The van der Waals surface area contributed by atoms with Gasteiger partial charge in [0.25, 0.3) is 5.91 Å². The Morgan fingerprint density at radius 2 is 1.47 bits per heavy atom. The number of hydrogen-bond acceptors (Lipinski definition) is 7. The van der Waals surface area contributed by atoms with Gasteiger partial charge in [-0.25, -0.2) is 9.59 Å². The van der Waals surface area contributed by atoms with Crippen LogP contribution in [0, 0.1) is 0 Å². The van der Waals surface area contributed by atoms with Crippen LogP contribution in [0.4, 0.5) is 15.3 Å². The number of hydrogen-bond donors (Lipinski definition) is 2. The van der Waals surface area contributed by atoms with Crippen molar-refractivity contribution in [3.05, 3.63) is 24.3 Å². The van der Waals surface area contributed by atoms with Crippen molar-refractivity contribution in [1.29, 1.82) is 0 Å². The quantitative estimate of drug-likeness (QED) is 0.679. The van der Waals surface area contributed by atoms with E-state index < -0.39 is 35.3 Å². The van der Waals surface area contributed by atoms with Gasteiger partial charge >= 0.3 is 12.2 Å². The molecule has 32 heavy (non-hydrogen) atoms. The Bertz CT molecular complexity index is 813. The summed E-state index contributed by atoms with van der Waals surface area (Å²) in [4.78, 5) is 41.0. The van der Waals surface area contributed by atoms with Gasteiger partial charge < -0.3 is 19.1 Å². The van der Waals surface area contributed by atoms with Gasteiger partial charge in [0.05, 0.1) is 19.3 Å². The normalized spacial score (nSPS) is 16.8. The molecule has 1 atom stereocenters. The van der Waals surface area contributed by atoms with E-state index in [-0.39, 0.29) is 19.6 Å². The molecule has 1 aliphatic rings. The first kappa shape index (κ1) is 25.1. The summed E-state index contributed by atoms with van der Waals surface area (Å²) in [7, 11) is 1.56. The largest absolute Gasteiger partial charge is 0.497 e. The molecule has 1 aromatic rings. The number of piperazine rings is 1. The van der Waals surface area contributed by atoms with Gasteiger partial charge in [-0.2, -0.15) is 0 Å².